The van der Waals surface area contributed by atoms with Crippen molar-refractivity contribution >= 4 is 18.0 Å². The number of rotatable bonds is 5. The lowest BCUT2D eigenvalue weighted by Crippen LogP contribution is -2.28. The van der Waals surface area contributed by atoms with Gasteiger partial charge in [-0.1, -0.05) is 37.3 Å². The molecule has 0 unspecified atom stereocenters. The van der Waals surface area contributed by atoms with Crippen molar-refractivity contribution in [3.8, 4) is 17.3 Å². The summed E-state index contributed by atoms with van der Waals surface area (Å²) in [5.41, 5.74) is 3.84. The van der Waals surface area contributed by atoms with Gasteiger partial charge < -0.3 is 0 Å². The first kappa shape index (κ1) is 18.1. The Kier molecular flexibility index (Phi) is 5.13. The van der Waals surface area contributed by atoms with E-state index >= 15 is 0 Å². The van der Waals surface area contributed by atoms with E-state index in [0.717, 1.165) is 16.8 Å². The van der Waals surface area contributed by atoms with E-state index in [-0.39, 0.29) is 5.91 Å². The molecule has 0 atom stereocenters. The lowest BCUT2D eigenvalue weighted by Gasteiger charge is -2.17. The summed E-state index contributed by atoms with van der Waals surface area (Å²) in [4.78, 5) is 25.6. The second kappa shape index (κ2) is 7.67. The maximum atomic E-state index is 12.9. The van der Waals surface area contributed by atoms with Gasteiger partial charge in [0.1, 0.15) is 0 Å². The minimum atomic E-state index is -0.301. The topological polar surface area (TPSA) is 89.8 Å². The number of aromatic nitrogens is 2. The van der Waals surface area contributed by atoms with Gasteiger partial charge in [-0.2, -0.15) is 10.4 Å². The van der Waals surface area contributed by atoms with E-state index in [1.165, 1.54) is 4.90 Å². The molecule has 134 valence electrons. The van der Waals surface area contributed by atoms with Crippen LogP contribution in [0.4, 0.5) is 5.82 Å². The van der Waals surface area contributed by atoms with Gasteiger partial charge in [0.15, 0.2) is 12.1 Å². The van der Waals surface area contributed by atoms with Crippen LogP contribution in [-0.2, 0) is 6.42 Å². The number of hydrogen-bond donors (Lipinski definition) is 1. The third-order valence-electron chi connectivity index (χ3n) is 4.44. The highest BCUT2D eigenvalue weighted by Crippen LogP contribution is 2.30. The lowest BCUT2D eigenvalue weighted by molar-refractivity contribution is 0.0985. The Balaban J connectivity index is 1.99. The monoisotopic (exact) mass is 358 g/mol. The second-order valence-electron chi connectivity index (χ2n) is 6.01. The Morgan fingerprint density at radius 2 is 1.93 bits per heavy atom. The number of nitriles is 1. The fraction of sp³-hybridized carbons (Fsp3) is 0.143. The normalized spacial score (nSPS) is 10.3. The summed E-state index contributed by atoms with van der Waals surface area (Å²) in [5, 5.41) is 16.3. The summed E-state index contributed by atoms with van der Waals surface area (Å²) in [6, 6.07) is 15.9. The summed E-state index contributed by atoms with van der Waals surface area (Å²) in [6.07, 6.45) is 1.34. The molecule has 0 saturated carbocycles. The summed E-state index contributed by atoms with van der Waals surface area (Å²) in [7, 11) is 1.64. The summed E-state index contributed by atoms with van der Waals surface area (Å²) in [5.74, 6) is 0.216. The molecule has 0 radical (unpaired) electrons. The molecule has 1 heterocycles. The van der Waals surface area contributed by atoms with Crippen molar-refractivity contribution in [2.75, 3.05) is 11.9 Å². The molecule has 0 aliphatic carbocycles. The molecular weight excluding hydrogens is 340 g/mol. The van der Waals surface area contributed by atoms with Crippen molar-refractivity contribution in [3.05, 3.63) is 70.8 Å². The van der Waals surface area contributed by atoms with Gasteiger partial charge in [0, 0.05) is 18.2 Å². The molecule has 2 aromatic carbocycles. The Morgan fingerprint density at radius 3 is 2.56 bits per heavy atom. The molecule has 0 aliphatic heterocycles. The lowest BCUT2D eigenvalue weighted by atomic mass is 10.0. The van der Waals surface area contributed by atoms with Crippen molar-refractivity contribution in [2.24, 2.45) is 0 Å². The fourth-order valence-corrected chi connectivity index (χ4v) is 2.99. The van der Waals surface area contributed by atoms with Gasteiger partial charge in [-0.15, -0.1) is 0 Å². The fourth-order valence-electron chi connectivity index (χ4n) is 2.99. The van der Waals surface area contributed by atoms with E-state index in [1.54, 1.807) is 43.4 Å². The number of benzene rings is 2. The summed E-state index contributed by atoms with van der Waals surface area (Å²) < 4.78 is 0. The summed E-state index contributed by atoms with van der Waals surface area (Å²) in [6.45, 7) is 1.99. The van der Waals surface area contributed by atoms with Gasteiger partial charge in [0.2, 0.25) is 0 Å². The highest BCUT2D eigenvalue weighted by Gasteiger charge is 2.23. The quantitative estimate of drug-likeness (QED) is 0.706. The number of carbonyl (C=O) groups is 2. The number of nitrogens with one attached hydrogen (secondary N) is 1. The minimum absolute atomic E-state index is 0.301. The Morgan fingerprint density at radius 1 is 1.22 bits per heavy atom. The molecule has 0 bridgehead atoms. The van der Waals surface area contributed by atoms with Crippen LogP contribution < -0.4 is 4.90 Å². The molecule has 1 amide bonds. The average molecular weight is 358 g/mol. The van der Waals surface area contributed by atoms with Crippen molar-refractivity contribution in [3.63, 3.8) is 0 Å². The van der Waals surface area contributed by atoms with Crippen LogP contribution in [0.1, 0.15) is 38.8 Å². The van der Waals surface area contributed by atoms with E-state index < -0.39 is 0 Å². The number of nitrogens with zero attached hydrogens (tertiary/aromatic N) is 3. The number of aromatic amines is 1. The van der Waals surface area contributed by atoms with Gasteiger partial charge in [0.05, 0.1) is 22.9 Å². The predicted molar refractivity (Wildman–Crippen MR) is 103 cm³/mol. The smallest absolute Gasteiger partial charge is 0.259 e. The highest BCUT2D eigenvalue weighted by molar-refractivity contribution is 6.10. The zero-order chi connectivity index (χ0) is 19.4. The van der Waals surface area contributed by atoms with Gasteiger partial charge in [-0.3, -0.25) is 19.6 Å². The van der Waals surface area contributed by atoms with Crippen LogP contribution in [0.2, 0.25) is 0 Å². The molecule has 3 rings (SSSR count). The number of carbonyl (C=O) groups excluding carboxylic acids is 2. The number of H-pyrrole nitrogens is 1. The molecule has 3 aromatic rings. The Bertz CT molecular complexity index is 1030. The molecule has 0 aliphatic rings. The molecular formula is C21H18N4O2. The molecule has 6 nitrogen and oxygen atoms in total. The molecule has 6 heteroatoms. The largest absolute Gasteiger partial charge is 0.298 e. The first-order valence-corrected chi connectivity index (χ1v) is 8.50. The van der Waals surface area contributed by atoms with E-state index in [4.69, 9.17) is 5.26 Å². The van der Waals surface area contributed by atoms with Crippen LogP contribution in [-0.4, -0.2) is 29.4 Å². The van der Waals surface area contributed by atoms with E-state index in [9.17, 15) is 9.59 Å². The Hall–Kier alpha value is -3.72. The van der Waals surface area contributed by atoms with Crippen LogP contribution in [0.3, 0.4) is 0 Å². The first-order valence-electron chi connectivity index (χ1n) is 8.50. The number of aldehydes is 1. The van der Waals surface area contributed by atoms with Crippen LogP contribution in [0.5, 0.6) is 0 Å². The molecule has 1 aromatic heterocycles. The van der Waals surface area contributed by atoms with Crippen molar-refractivity contribution in [1.29, 1.82) is 5.26 Å². The molecule has 1 N–H and O–H groups in total. The van der Waals surface area contributed by atoms with Crippen LogP contribution >= 0.6 is 0 Å². The minimum Gasteiger partial charge on any atom is -0.298 e. The van der Waals surface area contributed by atoms with E-state index in [0.29, 0.717) is 35.2 Å². The van der Waals surface area contributed by atoms with Crippen LogP contribution in [0.25, 0.3) is 11.3 Å². The van der Waals surface area contributed by atoms with Gasteiger partial charge in [-0.05, 0) is 30.2 Å². The standard InChI is InChI=1S/C21H18N4O2/c1-3-17-19(15-10-8-14(12-22)9-11-15)23-24-20(17)25(2)21(27)18-7-5-4-6-16(18)13-26/h4-11,13H,3H2,1-2H3,(H,23,24). The highest BCUT2D eigenvalue weighted by atomic mass is 16.2. The molecule has 0 saturated heterocycles. The third kappa shape index (κ3) is 3.35. The number of anilines is 1. The van der Waals surface area contributed by atoms with Crippen LogP contribution in [0.15, 0.2) is 48.5 Å². The average Bonchev–Trinajstić information content (AvgIpc) is 3.16. The SMILES string of the molecule is CCc1c(N(C)C(=O)c2ccccc2C=O)n[nH]c1-c1ccc(C#N)cc1. The molecule has 0 spiro atoms. The first-order chi connectivity index (χ1) is 13.1. The zero-order valence-electron chi connectivity index (χ0n) is 15.1. The van der Waals surface area contributed by atoms with Crippen molar-refractivity contribution in [1.82, 2.24) is 10.2 Å². The van der Waals surface area contributed by atoms with Gasteiger partial charge in [-0.25, -0.2) is 0 Å². The van der Waals surface area contributed by atoms with Crippen molar-refractivity contribution < 1.29 is 9.59 Å². The number of amides is 1. The van der Waals surface area contributed by atoms with Crippen LogP contribution in [0, 0.1) is 11.3 Å². The summed E-state index contributed by atoms with van der Waals surface area (Å²) >= 11 is 0. The van der Waals surface area contributed by atoms with E-state index in [1.807, 2.05) is 19.1 Å². The molecule has 27 heavy (non-hydrogen) atoms. The zero-order valence-corrected chi connectivity index (χ0v) is 15.1. The van der Waals surface area contributed by atoms with E-state index in [2.05, 4.69) is 16.3 Å². The third-order valence-corrected chi connectivity index (χ3v) is 4.44. The molecule has 0 fully saturated rings. The van der Waals surface area contributed by atoms with Crippen molar-refractivity contribution in [2.45, 2.75) is 13.3 Å². The maximum absolute atomic E-state index is 12.9. The number of hydrogen-bond acceptors (Lipinski definition) is 4. The maximum Gasteiger partial charge on any atom is 0.259 e. The van der Waals surface area contributed by atoms with Gasteiger partial charge >= 0.3 is 0 Å². The second-order valence-corrected chi connectivity index (χ2v) is 6.01. The van der Waals surface area contributed by atoms with Gasteiger partial charge in [0.25, 0.3) is 5.91 Å². The predicted octanol–water partition coefficient (Wildman–Crippen LogP) is 3.60. The Labute approximate surface area is 157 Å².